The first kappa shape index (κ1) is 24.5. The van der Waals surface area contributed by atoms with Gasteiger partial charge in [-0.3, -0.25) is 0 Å². The first-order valence-electron chi connectivity index (χ1n) is 11.4. The molecule has 3 aromatic carbocycles. The molecule has 0 fully saturated rings. The van der Waals surface area contributed by atoms with Crippen molar-refractivity contribution >= 4 is 5.97 Å². The van der Waals surface area contributed by atoms with Crippen LogP contribution >= 0.6 is 0 Å². The van der Waals surface area contributed by atoms with E-state index >= 15 is 0 Å². The van der Waals surface area contributed by atoms with Crippen molar-refractivity contribution in [1.82, 2.24) is 0 Å². The Morgan fingerprint density at radius 1 is 1.00 bits per heavy atom. The predicted octanol–water partition coefficient (Wildman–Crippen LogP) is 4.93. The van der Waals surface area contributed by atoms with Crippen molar-refractivity contribution in [2.24, 2.45) is 5.73 Å². The summed E-state index contributed by atoms with van der Waals surface area (Å²) >= 11 is 0. The second-order valence-electron chi connectivity index (χ2n) is 8.00. The number of rotatable bonds is 8. The molecule has 1 aliphatic heterocycles. The van der Waals surface area contributed by atoms with Crippen molar-refractivity contribution in [3.63, 3.8) is 0 Å². The number of carbonyl (C=O) groups is 1. The van der Waals surface area contributed by atoms with Crippen LogP contribution in [0, 0.1) is 11.3 Å². The maximum Gasteiger partial charge on any atom is 0.343 e. The average molecular weight is 487 g/mol. The molecule has 0 aliphatic carbocycles. The number of methoxy groups -OCH3 is 2. The first-order chi connectivity index (χ1) is 17.5. The average Bonchev–Trinajstić information content (AvgIpc) is 2.90. The van der Waals surface area contributed by atoms with E-state index in [2.05, 4.69) is 6.07 Å². The van der Waals surface area contributed by atoms with Gasteiger partial charge in [-0.05, 0) is 36.8 Å². The van der Waals surface area contributed by atoms with E-state index in [0.717, 1.165) is 12.0 Å². The van der Waals surface area contributed by atoms with Crippen LogP contribution in [0.15, 0.2) is 72.1 Å². The standard InChI is InChI=1S/C28H26N2O6/c1-4-12-34-19-7-5-6-17(13-19)28(31)35-20-9-11-22-25(15-20)36-27(30)23(16-29)26(22)21-10-8-18(32-2)14-24(21)33-3/h5-11,13-15,26H,4,12,30H2,1-3H3. The maximum absolute atomic E-state index is 12.8. The van der Waals surface area contributed by atoms with E-state index in [0.29, 0.717) is 40.7 Å². The molecular formula is C28H26N2O6. The van der Waals surface area contributed by atoms with Gasteiger partial charge in [-0.15, -0.1) is 0 Å². The minimum atomic E-state index is -0.545. The fraction of sp³-hybridized carbons (Fsp3) is 0.214. The summed E-state index contributed by atoms with van der Waals surface area (Å²) in [6.45, 7) is 2.56. The highest BCUT2D eigenvalue weighted by molar-refractivity contribution is 5.91. The van der Waals surface area contributed by atoms with Crippen molar-refractivity contribution in [2.75, 3.05) is 20.8 Å². The van der Waals surface area contributed by atoms with E-state index < -0.39 is 11.9 Å². The lowest BCUT2D eigenvalue weighted by Crippen LogP contribution is -2.21. The molecule has 0 spiro atoms. The number of carbonyl (C=O) groups excluding carboxylic acids is 1. The Bertz CT molecular complexity index is 1360. The van der Waals surface area contributed by atoms with Crippen molar-refractivity contribution in [3.8, 4) is 34.8 Å². The molecule has 1 unspecified atom stereocenters. The summed E-state index contributed by atoms with van der Waals surface area (Å²) in [6.07, 6.45) is 0.859. The molecule has 0 saturated heterocycles. The van der Waals surface area contributed by atoms with E-state index in [4.69, 9.17) is 29.4 Å². The zero-order valence-electron chi connectivity index (χ0n) is 20.2. The molecule has 184 valence electrons. The highest BCUT2D eigenvalue weighted by Crippen LogP contribution is 2.46. The summed E-state index contributed by atoms with van der Waals surface area (Å²) in [5.74, 6) is 1.28. The lowest BCUT2D eigenvalue weighted by Gasteiger charge is -2.27. The Morgan fingerprint density at radius 3 is 2.50 bits per heavy atom. The first-order valence-corrected chi connectivity index (χ1v) is 11.4. The van der Waals surface area contributed by atoms with Gasteiger partial charge in [0, 0.05) is 23.3 Å². The van der Waals surface area contributed by atoms with E-state index in [9.17, 15) is 10.1 Å². The van der Waals surface area contributed by atoms with Crippen molar-refractivity contribution < 1.29 is 28.5 Å². The molecule has 8 heteroatoms. The number of nitrogens with two attached hydrogens (primary N) is 1. The second-order valence-corrected chi connectivity index (χ2v) is 8.00. The Labute approximate surface area is 209 Å². The Kier molecular flexibility index (Phi) is 7.31. The van der Waals surface area contributed by atoms with Crippen LogP contribution in [0.4, 0.5) is 0 Å². The van der Waals surface area contributed by atoms with Crippen LogP contribution in [0.5, 0.6) is 28.7 Å². The lowest BCUT2D eigenvalue weighted by atomic mass is 9.83. The summed E-state index contributed by atoms with van der Waals surface area (Å²) in [6, 6.07) is 19.3. The molecule has 2 N–H and O–H groups in total. The monoisotopic (exact) mass is 486 g/mol. The fourth-order valence-electron chi connectivity index (χ4n) is 3.97. The maximum atomic E-state index is 12.8. The molecule has 36 heavy (non-hydrogen) atoms. The van der Waals surface area contributed by atoms with Crippen LogP contribution in [0.25, 0.3) is 0 Å². The van der Waals surface area contributed by atoms with Gasteiger partial charge in [0.15, 0.2) is 0 Å². The van der Waals surface area contributed by atoms with Crippen molar-refractivity contribution in [2.45, 2.75) is 19.3 Å². The van der Waals surface area contributed by atoms with Gasteiger partial charge in [-0.2, -0.15) is 5.26 Å². The van der Waals surface area contributed by atoms with Crippen LogP contribution < -0.4 is 29.4 Å². The quantitative estimate of drug-likeness (QED) is 0.352. The normalized spacial score (nSPS) is 14.2. The highest BCUT2D eigenvalue weighted by atomic mass is 16.5. The lowest BCUT2D eigenvalue weighted by molar-refractivity contribution is 0.0734. The molecule has 3 aromatic rings. The molecule has 0 bridgehead atoms. The van der Waals surface area contributed by atoms with Crippen LogP contribution in [0.1, 0.15) is 40.7 Å². The molecule has 1 aliphatic rings. The molecule has 0 amide bonds. The van der Waals surface area contributed by atoms with Gasteiger partial charge in [0.25, 0.3) is 0 Å². The summed E-state index contributed by atoms with van der Waals surface area (Å²) < 4.78 is 27.8. The van der Waals surface area contributed by atoms with E-state index in [1.54, 1.807) is 68.8 Å². The molecule has 4 rings (SSSR count). The number of esters is 1. The summed E-state index contributed by atoms with van der Waals surface area (Å²) in [5, 5.41) is 9.85. The topological polar surface area (TPSA) is 113 Å². The van der Waals surface area contributed by atoms with Crippen molar-refractivity contribution in [3.05, 3.63) is 88.8 Å². The molecule has 1 heterocycles. The van der Waals surface area contributed by atoms with Gasteiger partial charge in [0.1, 0.15) is 40.4 Å². The number of allylic oxidation sites excluding steroid dienone is 1. The number of nitrogens with zero attached hydrogens (tertiary/aromatic N) is 1. The molecule has 0 saturated carbocycles. The highest BCUT2D eigenvalue weighted by Gasteiger charge is 2.33. The van der Waals surface area contributed by atoms with E-state index in [-0.39, 0.29) is 17.2 Å². The third-order valence-corrected chi connectivity index (χ3v) is 5.70. The number of hydrogen-bond acceptors (Lipinski definition) is 8. The van der Waals surface area contributed by atoms with Gasteiger partial charge in [-0.1, -0.05) is 25.1 Å². The van der Waals surface area contributed by atoms with Crippen LogP contribution in [0.2, 0.25) is 0 Å². The summed E-state index contributed by atoms with van der Waals surface area (Å²) in [7, 11) is 3.11. The number of fused-ring (bicyclic) bond motifs is 1. The number of benzene rings is 3. The molecule has 1 atom stereocenters. The van der Waals surface area contributed by atoms with Gasteiger partial charge in [-0.25, -0.2) is 4.79 Å². The van der Waals surface area contributed by atoms with Crippen LogP contribution in [-0.4, -0.2) is 26.8 Å². The van der Waals surface area contributed by atoms with Gasteiger partial charge in [0.05, 0.1) is 32.3 Å². The van der Waals surface area contributed by atoms with Crippen LogP contribution in [0.3, 0.4) is 0 Å². The molecule has 0 radical (unpaired) electrons. The molecule has 0 aromatic heterocycles. The zero-order chi connectivity index (χ0) is 25.7. The number of nitriles is 1. The van der Waals surface area contributed by atoms with Gasteiger partial charge < -0.3 is 29.4 Å². The number of hydrogen-bond donors (Lipinski definition) is 1. The minimum Gasteiger partial charge on any atom is -0.497 e. The third kappa shape index (κ3) is 4.91. The summed E-state index contributed by atoms with van der Waals surface area (Å²) in [4.78, 5) is 12.8. The van der Waals surface area contributed by atoms with Gasteiger partial charge >= 0.3 is 5.97 Å². The smallest absolute Gasteiger partial charge is 0.343 e. The minimum absolute atomic E-state index is 0.0304. The summed E-state index contributed by atoms with van der Waals surface area (Å²) in [5.41, 5.74) is 8.13. The van der Waals surface area contributed by atoms with E-state index in [1.807, 2.05) is 13.0 Å². The predicted molar refractivity (Wildman–Crippen MR) is 132 cm³/mol. The number of ether oxygens (including phenoxy) is 5. The Balaban J connectivity index is 1.66. The van der Waals surface area contributed by atoms with Crippen molar-refractivity contribution in [1.29, 1.82) is 5.26 Å². The van der Waals surface area contributed by atoms with Gasteiger partial charge in [0.2, 0.25) is 5.88 Å². The Morgan fingerprint density at radius 2 is 1.78 bits per heavy atom. The third-order valence-electron chi connectivity index (χ3n) is 5.70. The fourth-order valence-corrected chi connectivity index (χ4v) is 3.97. The molecule has 8 nitrogen and oxygen atoms in total. The van der Waals surface area contributed by atoms with Crippen LogP contribution in [-0.2, 0) is 0 Å². The zero-order valence-corrected chi connectivity index (χ0v) is 20.2. The SMILES string of the molecule is CCCOc1cccc(C(=O)Oc2ccc3c(c2)OC(N)=C(C#N)C3c2ccc(OC)cc2OC)c1. The van der Waals surface area contributed by atoms with E-state index in [1.165, 1.54) is 0 Å². The largest absolute Gasteiger partial charge is 0.497 e. The second kappa shape index (κ2) is 10.7. The molecular weight excluding hydrogens is 460 g/mol. The Hall–Kier alpha value is -4.64.